The molecule has 86 valence electrons. The van der Waals surface area contributed by atoms with E-state index >= 15 is 0 Å². The van der Waals surface area contributed by atoms with Gasteiger partial charge < -0.3 is 16.4 Å². The highest BCUT2D eigenvalue weighted by Gasteiger charge is 2.18. The van der Waals surface area contributed by atoms with Gasteiger partial charge in [0.2, 0.25) is 0 Å². The van der Waals surface area contributed by atoms with Gasteiger partial charge in [-0.2, -0.15) is 0 Å². The van der Waals surface area contributed by atoms with Gasteiger partial charge in [0.25, 0.3) is 0 Å². The summed E-state index contributed by atoms with van der Waals surface area (Å²) in [6.07, 6.45) is 0. The first-order valence-electron chi connectivity index (χ1n) is 5.71. The number of nitrogen functional groups attached to an aromatic ring is 2. The number of hydrogen-bond acceptors (Lipinski definition) is 3. The SMILES string of the molecule is Nc1ccc(N2Cc3ccccc3C2)cc1N. The highest BCUT2D eigenvalue weighted by atomic mass is 15.1. The van der Waals surface area contributed by atoms with Crippen molar-refractivity contribution >= 4 is 17.1 Å². The van der Waals surface area contributed by atoms with Gasteiger partial charge >= 0.3 is 0 Å². The minimum absolute atomic E-state index is 0.644. The van der Waals surface area contributed by atoms with Crippen molar-refractivity contribution in [3.63, 3.8) is 0 Å². The molecular formula is C14H15N3. The molecule has 3 rings (SSSR count). The van der Waals surface area contributed by atoms with E-state index in [0.29, 0.717) is 11.4 Å². The molecule has 0 aromatic heterocycles. The van der Waals surface area contributed by atoms with Gasteiger partial charge in [-0.15, -0.1) is 0 Å². The van der Waals surface area contributed by atoms with Gasteiger partial charge in [0, 0.05) is 18.8 Å². The Morgan fingerprint density at radius 1 is 0.824 bits per heavy atom. The van der Waals surface area contributed by atoms with Gasteiger partial charge in [0.05, 0.1) is 11.4 Å². The molecule has 17 heavy (non-hydrogen) atoms. The molecule has 0 spiro atoms. The molecule has 1 heterocycles. The fourth-order valence-electron chi connectivity index (χ4n) is 2.27. The summed E-state index contributed by atoms with van der Waals surface area (Å²) in [5, 5.41) is 0. The van der Waals surface area contributed by atoms with Gasteiger partial charge in [-0.1, -0.05) is 24.3 Å². The summed E-state index contributed by atoms with van der Waals surface area (Å²) >= 11 is 0. The molecule has 0 saturated heterocycles. The van der Waals surface area contributed by atoms with Crippen LogP contribution in [0.4, 0.5) is 17.1 Å². The summed E-state index contributed by atoms with van der Waals surface area (Å²) in [5.41, 5.74) is 16.8. The van der Waals surface area contributed by atoms with E-state index in [1.807, 2.05) is 18.2 Å². The number of benzene rings is 2. The minimum atomic E-state index is 0.644. The predicted molar refractivity (Wildman–Crippen MR) is 71.6 cm³/mol. The van der Waals surface area contributed by atoms with Gasteiger partial charge in [-0.3, -0.25) is 0 Å². The second-order valence-corrected chi connectivity index (χ2v) is 4.44. The van der Waals surface area contributed by atoms with E-state index in [9.17, 15) is 0 Å². The molecule has 0 bridgehead atoms. The number of anilines is 3. The number of hydrogen-bond donors (Lipinski definition) is 2. The molecule has 0 unspecified atom stereocenters. The fourth-order valence-corrected chi connectivity index (χ4v) is 2.27. The lowest BCUT2D eigenvalue weighted by molar-refractivity contribution is 0.881. The van der Waals surface area contributed by atoms with Crippen LogP contribution in [0.15, 0.2) is 42.5 Å². The Balaban J connectivity index is 1.91. The summed E-state index contributed by atoms with van der Waals surface area (Å²) in [6, 6.07) is 14.4. The zero-order valence-electron chi connectivity index (χ0n) is 9.56. The largest absolute Gasteiger partial charge is 0.397 e. The first-order valence-corrected chi connectivity index (χ1v) is 5.71. The Morgan fingerprint density at radius 2 is 1.47 bits per heavy atom. The quantitative estimate of drug-likeness (QED) is 0.732. The standard InChI is InChI=1S/C14H15N3/c15-13-6-5-12(7-14(13)16)17-8-10-3-1-2-4-11(10)9-17/h1-7H,8-9,15-16H2. The first kappa shape index (κ1) is 10.0. The third kappa shape index (κ3) is 1.69. The lowest BCUT2D eigenvalue weighted by atomic mass is 10.1. The van der Waals surface area contributed by atoms with Crippen molar-refractivity contribution in [3.8, 4) is 0 Å². The van der Waals surface area contributed by atoms with E-state index in [1.54, 1.807) is 0 Å². The molecule has 1 aliphatic rings. The molecular weight excluding hydrogens is 210 g/mol. The second kappa shape index (κ2) is 3.70. The van der Waals surface area contributed by atoms with Crippen LogP contribution in [0.5, 0.6) is 0 Å². The molecule has 1 aliphatic heterocycles. The summed E-state index contributed by atoms with van der Waals surface area (Å²) in [7, 11) is 0. The molecule has 2 aromatic rings. The number of rotatable bonds is 1. The number of nitrogens with zero attached hydrogens (tertiary/aromatic N) is 1. The monoisotopic (exact) mass is 225 g/mol. The van der Waals surface area contributed by atoms with Crippen LogP contribution < -0.4 is 16.4 Å². The zero-order valence-corrected chi connectivity index (χ0v) is 9.56. The van der Waals surface area contributed by atoms with Crippen LogP contribution in [0, 0.1) is 0 Å². The predicted octanol–water partition coefficient (Wildman–Crippen LogP) is 2.37. The first-order chi connectivity index (χ1) is 8.24. The minimum Gasteiger partial charge on any atom is -0.397 e. The third-order valence-electron chi connectivity index (χ3n) is 3.28. The maximum absolute atomic E-state index is 5.84. The number of fused-ring (bicyclic) bond motifs is 1. The lowest BCUT2D eigenvalue weighted by Gasteiger charge is -2.18. The molecule has 0 radical (unpaired) electrons. The van der Waals surface area contributed by atoms with Crippen molar-refractivity contribution in [2.75, 3.05) is 16.4 Å². The molecule has 3 heteroatoms. The van der Waals surface area contributed by atoms with E-state index in [2.05, 4.69) is 29.2 Å². The highest BCUT2D eigenvalue weighted by Crippen LogP contribution is 2.30. The maximum Gasteiger partial charge on any atom is 0.0568 e. The van der Waals surface area contributed by atoms with Gasteiger partial charge in [-0.05, 0) is 29.3 Å². The zero-order chi connectivity index (χ0) is 11.8. The van der Waals surface area contributed by atoms with E-state index in [-0.39, 0.29) is 0 Å². The van der Waals surface area contributed by atoms with Crippen molar-refractivity contribution in [1.29, 1.82) is 0 Å². The normalized spacial score (nSPS) is 13.8. The van der Waals surface area contributed by atoms with Crippen LogP contribution >= 0.6 is 0 Å². The van der Waals surface area contributed by atoms with Crippen LogP contribution in [0.25, 0.3) is 0 Å². The van der Waals surface area contributed by atoms with Gasteiger partial charge in [-0.25, -0.2) is 0 Å². The van der Waals surface area contributed by atoms with Crippen molar-refractivity contribution in [2.24, 2.45) is 0 Å². The average molecular weight is 225 g/mol. The molecule has 2 aromatic carbocycles. The molecule has 0 atom stereocenters. The van der Waals surface area contributed by atoms with E-state index in [1.165, 1.54) is 11.1 Å². The topological polar surface area (TPSA) is 55.3 Å². The Hall–Kier alpha value is -2.16. The van der Waals surface area contributed by atoms with E-state index in [4.69, 9.17) is 11.5 Å². The molecule has 3 nitrogen and oxygen atoms in total. The van der Waals surface area contributed by atoms with Crippen LogP contribution in [-0.4, -0.2) is 0 Å². The van der Waals surface area contributed by atoms with E-state index in [0.717, 1.165) is 18.8 Å². The lowest BCUT2D eigenvalue weighted by Crippen LogP contribution is -2.14. The maximum atomic E-state index is 5.84. The van der Waals surface area contributed by atoms with Crippen LogP contribution in [0.1, 0.15) is 11.1 Å². The fraction of sp³-hybridized carbons (Fsp3) is 0.143. The van der Waals surface area contributed by atoms with Crippen LogP contribution in [0.2, 0.25) is 0 Å². The van der Waals surface area contributed by atoms with Gasteiger partial charge in [0.15, 0.2) is 0 Å². The highest BCUT2D eigenvalue weighted by molar-refractivity contribution is 5.70. The van der Waals surface area contributed by atoms with Crippen molar-refractivity contribution in [3.05, 3.63) is 53.6 Å². The second-order valence-electron chi connectivity index (χ2n) is 4.44. The third-order valence-corrected chi connectivity index (χ3v) is 3.28. The van der Waals surface area contributed by atoms with E-state index < -0.39 is 0 Å². The molecule has 0 aliphatic carbocycles. The Morgan fingerprint density at radius 3 is 2.06 bits per heavy atom. The summed E-state index contributed by atoms with van der Waals surface area (Å²) in [6.45, 7) is 1.89. The summed E-state index contributed by atoms with van der Waals surface area (Å²) in [5.74, 6) is 0. The average Bonchev–Trinajstić information content (AvgIpc) is 2.76. The van der Waals surface area contributed by atoms with Crippen LogP contribution in [-0.2, 0) is 13.1 Å². The van der Waals surface area contributed by atoms with Crippen LogP contribution in [0.3, 0.4) is 0 Å². The molecule has 0 saturated carbocycles. The smallest absolute Gasteiger partial charge is 0.0568 e. The Labute approximate surface area is 101 Å². The summed E-state index contributed by atoms with van der Waals surface area (Å²) in [4.78, 5) is 2.31. The molecule has 4 N–H and O–H groups in total. The van der Waals surface area contributed by atoms with Crippen molar-refractivity contribution in [1.82, 2.24) is 0 Å². The summed E-state index contributed by atoms with van der Waals surface area (Å²) < 4.78 is 0. The van der Waals surface area contributed by atoms with Crippen molar-refractivity contribution < 1.29 is 0 Å². The van der Waals surface area contributed by atoms with Gasteiger partial charge in [0.1, 0.15) is 0 Å². The van der Waals surface area contributed by atoms with Crippen molar-refractivity contribution in [2.45, 2.75) is 13.1 Å². The Kier molecular flexibility index (Phi) is 2.18. The Bertz CT molecular complexity index is 538. The number of nitrogens with two attached hydrogens (primary N) is 2. The molecule has 0 fully saturated rings. The molecule has 0 amide bonds.